The van der Waals surface area contributed by atoms with E-state index < -0.39 is 0 Å². The van der Waals surface area contributed by atoms with Gasteiger partial charge < -0.3 is 10.5 Å². The average Bonchev–Trinajstić information content (AvgIpc) is 2.37. The van der Waals surface area contributed by atoms with Crippen LogP contribution in [0.1, 0.15) is 11.1 Å². The average molecular weight is 241 g/mol. The maximum atomic E-state index is 13.0. The molecule has 0 radical (unpaired) electrons. The van der Waals surface area contributed by atoms with Crippen LogP contribution in [0.2, 0.25) is 0 Å². The Balaban J connectivity index is 2.14. The topological polar surface area (TPSA) is 35.2 Å². The van der Waals surface area contributed by atoms with Crippen molar-refractivity contribution in [1.29, 1.82) is 0 Å². The highest BCUT2D eigenvalue weighted by Crippen LogP contribution is 2.21. The van der Waals surface area contributed by atoms with Gasteiger partial charge >= 0.3 is 0 Å². The molecule has 0 saturated carbocycles. The first kappa shape index (κ1) is 12.0. The van der Waals surface area contributed by atoms with E-state index in [4.69, 9.17) is 16.9 Å². The molecular weight excluding hydrogens is 229 g/mol. The van der Waals surface area contributed by atoms with Gasteiger partial charge in [-0.2, -0.15) is 0 Å². The third-order valence-electron chi connectivity index (χ3n) is 2.44. The molecule has 2 N–H and O–H groups in total. The highest BCUT2D eigenvalue weighted by atomic mass is 19.1. The van der Waals surface area contributed by atoms with Crippen molar-refractivity contribution < 1.29 is 9.13 Å². The Morgan fingerprint density at radius 1 is 1.22 bits per heavy atom. The van der Waals surface area contributed by atoms with Crippen LogP contribution in [0.15, 0.2) is 42.5 Å². The molecule has 0 fully saturated rings. The summed E-state index contributed by atoms with van der Waals surface area (Å²) in [5.41, 5.74) is 7.55. The number of nitrogen functional groups attached to an aromatic ring is 1. The van der Waals surface area contributed by atoms with Crippen molar-refractivity contribution in [3.05, 3.63) is 59.4 Å². The van der Waals surface area contributed by atoms with E-state index in [-0.39, 0.29) is 12.4 Å². The molecular formula is C15H12FNO. The second-order valence-corrected chi connectivity index (χ2v) is 3.82. The van der Waals surface area contributed by atoms with E-state index in [1.165, 1.54) is 12.1 Å². The summed E-state index contributed by atoms with van der Waals surface area (Å²) in [5.74, 6) is 2.78. The first-order chi connectivity index (χ1) is 8.69. The molecule has 2 aromatic rings. The number of terminal acetylenes is 1. The fourth-order valence-corrected chi connectivity index (χ4v) is 1.57. The number of hydrogen-bond acceptors (Lipinski definition) is 2. The third kappa shape index (κ3) is 2.80. The van der Waals surface area contributed by atoms with Crippen LogP contribution in [-0.2, 0) is 6.61 Å². The fourth-order valence-electron chi connectivity index (χ4n) is 1.57. The molecule has 0 aromatic heterocycles. The highest BCUT2D eigenvalue weighted by molar-refractivity contribution is 5.54. The summed E-state index contributed by atoms with van der Waals surface area (Å²) >= 11 is 0. The molecule has 2 rings (SSSR count). The molecule has 0 aliphatic rings. The minimum Gasteiger partial charge on any atom is -0.488 e. The standard InChI is InChI=1S/C15H12FNO/c1-2-12-9-14(17)6-7-15(12)18-10-11-4-3-5-13(16)8-11/h1,3-9H,10,17H2. The summed E-state index contributed by atoms with van der Waals surface area (Å²) in [6, 6.07) is 11.3. The van der Waals surface area contributed by atoms with Gasteiger partial charge in [0.25, 0.3) is 0 Å². The Hall–Kier alpha value is -2.47. The summed E-state index contributed by atoms with van der Waals surface area (Å²) in [6.45, 7) is 0.260. The zero-order valence-corrected chi connectivity index (χ0v) is 9.69. The smallest absolute Gasteiger partial charge is 0.135 e. The van der Waals surface area contributed by atoms with Gasteiger partial charge in [0.1, 0.15) is 18.2 Å². The van der Waals surface area contributed by atoms with Crippen molar-refractivity contribution in [3.8, 4) is 18.1 Å². The Bertz CT molecular complexity index is 602. The zero-order chi connectivity index (χ0) is 13.0. The summed E-state index contributed by atoms with van der Waals surface area (Å²) in [5, 5.41) is 0. The predicted octanol–water partition coefficient (Wildman–Crippen LogP) is 2.97. The van der Waals surface area contributed by atoms with E-state index in [0.717, 1.165) is 5.56 Å². The second kappa shape index (κ2) is 5.24. The van der Waals surface area contributed by atoms with Crippen LogP contribution >= 0.6 is 0 Å². The Morgan fingerprint density at radius 3 is 2.78 bits per heavy atom. The summed E-state index contributed by atoms with van der Waals surface area (Å²) in [7, 11) is 0. The molecule has 0 saturated heterocycles. The lowest BCUT2D eigenvalue weighted by atomic mass is 10.2. The van der Waals surface area contributed by atoms with Crippen LogP contribution in [0.25, 0.3) is 0 Å². The number of ether oxygens (including phenoxy) is 1. The van der Waals surface area contributed by atoms with Gasteiger partial charge in [0.2, 0.25) is 0 Å². The minimum atomic E-state index is -0.287. The van der Waals surface area contributed by atoms with Gasteiger partial charge in [-0.1, -0.05) is 18.1 Å². The van der Waals surface area contributed by atoms with E-state index in [2.05, 4.69) is 5.92 Å². The quantitative estimate of drug-likeness (QED) is 0.662. The first-order valence-electron chi connectivity index (χ1n) is 5.42. The maximum absolute atomic E-state index is 13.0. The van der Waals surface area contributed by atoms with E-state index >= 15 is 0 Å². The van der Waals surface area contributed by atoms with Gasteiger partial charge in [-0.05, 0) is 35.9 Å². The van der Waals surface area contributed by atoms with Gasteiger partial charge in [-0.25, -0.2) is 4.39 Å². The first-order valence-corrected chi connectivity index (χ1v) is 5.42. The van der Waals surface area contributed by atoms with E-state index in [0.29, 0.717) is 17.0 Å². The SMILES string of the molecule is C#Cc1cc(N)ccc1OCc1cccc(F)c1. The number of halogens is 1. The van der Waals surface area contributed by atoms with Crippen molar-refractivity contribution in [2.24, 2.45) is 0 Å². The molecule has 0 heterocycles. The third-order valence-corrected chi connectivity index (χ3v) is 2.44. The molecule has 0 aliphatic heterocycles. The molecule has 90 valence electrons. The molecule has 18 heavy (non-hydrogen) atoms. The van der Waals surface area contributed by atoms with Gasteiger partial charge in [-0.15, -0.1) is 6.42 Å². The normalized spacial score (nSPS) is 9.78. The number of nitrogens with two attached hydrogens (primary N) is 1. The van der Waals surface area contributed by atoms with Crippen LogP contribution in [-0.4, -0.2) is 0 Å². The van der Waals surface area contributed by atoms with Crippen LogP contribution < -0.4 is 10.5 Å². The zero-order valence-electron chi connectivity index (χ0n) is 9.69. The minimum absolute atomic E-state index is 0.260. The number of rotatable bonds is 3. The lowest BCUT2D eigenvalue weighted by Gasteiger charge is -2.09. The molecule has 0 bridgehead atoms. The molecule has 0 atom stereocenters. The largest absolute Gasteiger partial charge is 0.488 e. The Morgan fingerprint density at radius 2 is 2.06 bits per heavy atom. The molecule has 2 nitrogen and oxygen atoms in total. The number of anilines is 1. The molecule has 0 unspecified atom stereocenters. The van der Waals surface area contributed by atoms with Gasteiger partial charge in [0, 0.05) is 5.69 Å². The van der Waals surface area contributed by atoms with Crippen LogP contribution in [0.5, 0.6) is 5.75 Å². The lowest BCUT2D eigenvalue weighted by Crippen LogP contribution is -1.98. The Kier molecular flexibility index (Phi) is 3.49. The molecule has 0 aliphatic carbocycles. The van der Waals surface area contributed by atoms with Crippen LogP contribution in [0.3, 0.4) is 0 Å². The van der Waals surface area contributed by atoms with Gasteiger partial charge in [0.15, 0.2) is 0 Å². The highest BCUT2D eigenvalue weighted by Gasteiger charge is 2.03. The van der Waals surface area contributed by atoms with E-state index in [1.807, 2.05) is 0 Å². The lowest BCUT2D eigenvalue weighted by molar-refractivity contribution is 0.305. The van der Waals surface area contributed by atoms with Crippen molar-refractivity contribution >= 4 is 5.69 Å². The molecule has 2 aromatic carbocycles. The fraction of sp³-hybridized carbons (Fsp3) is 0.0667. The predicted molar refractivity (Wildman–Crippen MR) is 69.5 cm³/mol. The molecule has 0 spiro atoms. The van der Waals surface area contributed by atoms with Crippen LogP contribution in [0, 0.1) is 18.2 Å². The van der Waals surface area contributed by atoms with Gasteiger partial charge in [0.05, 0.1) is 5.56 Å². The monoisotopic (exact) mass is 241 g/mol. The van der Waals surface area contributed by atoms with E-state index in [1.54, 1.807) is 30.3 Å². The summed E-state index contributed by atoms with van der Waals surface area (Å²) < 4.78 is 18.5. The van der Waals surface area contributed by atoms with Crippen molar-refractivity contribution in [1.82, 2.24) is 0 Å². The van der Waals surface area contributed by atoms with Gasteiger partial charge in [-0.3, -0.25) is 0 Å². The van der Waals surface area contributed by atoms with E-state index in [9.17, 15) is 4.39 Å². The molecule has 0 amide bonds. The molecule has 3 heteroatoms. The maximum Gasteiger partial charge on any atom is 0.135 e. The van der Waals surface area contributed by atoms with Crippen molar-refractivity contribution in [3.63, 3.8) is 0 Å². The number of hydrogen-bond donors (Lipinski definition) is 1. The summed E-state index contributed by atoms with van der Waals surface area (Å²) in [6.07, 6.45) is 5.37. The summed E-state index contributed by atoms with van der Waals surface area (Å²) in [4.78, 5) is 0. The second-order valence-electron chi connectivity index (χ2n) is 3.82. The van der Waals surface area contributed by atoms with Crippen LogP contribution in [0.4, 0.5) is 10.1 Å². The number of benzene rings is 2. The van der Waals surface area contributed by atoms with Crippen molar-refractivity contribution in [2.45, 2.75) is 6.61 Å². The van der Waals surface area contributed by atoms with Crippen molar-refractivity contribution in [2.75, 3.05) is 5.73 Å². The Labute approximate surface area is 105 Å².